The second-order valence-electron chi connectivity index (χ2n) is 7.91. The first kappa shape index (κ1) is 22.5. The van der Waals surface area contributed by atoms with Crippen LogP contribution < -0.4 is 5.32 Å². The Balaban J connectivity index is 2.04. The van der Waals surface area contributed by atoms with Gasteiger partial charge in [0.1, 0.15) is 5.60 Å². The maximum absolute atomic E-state index is 12.6. The van der Waals surface area contributed by atoms with Gasteiger partial charge < -0.3 is 24.7 Å². The first-order valence-corrected chi connectivity index (χ1v) is 10.2. The van der Waals surface area contributed by atoms with Crippen molar-refractivity contribution >= 4 is 23.6 Å². The van der Waals surface area contributed by atoms with Crippen molar-refractivity contribution in [3.05, 3.63) is 16.7 Å². The summed E-state index contributed by atoms with van der Waals surface area (Å²) in [5.74, 6) is -0.145. The number of rotatable bonds is 6. The van der Waals surface area contributed by atoms with Gasteiger partial charge in [0.15, 0.2) is 11.0 Å². The van der Waals surface area contributed by atoms with Crippen LogP contribution in [-0.4, -0.2) is 64.3 Å². The molecule has 0 aromatic carbocycles. The van der Waals surface area contributed by atoms with Gasteiger partial charge in [-0.05, 0) is 40.0 Å². The van der Waals surface area contributed by atoms with Crippen molar-refractivity contribution in [3.63, 3.8) is 0 Å². The Morgan fingerprint density at radius 2 is 2.07 bits per heavy atom. The molecule has 1 aliphatic rings. The van der Waals surface area contributed by atoms with Gasteiger partial charge in [-0.15, -0.1) is 0 Å². The summed E-state index contributed by atoms with van der Waals surface area (Å²) in [5, 5.41) is 3.28. The summed E-state index contributed by atoms with van der Waals surface area (Å²) in [5.41, 5.74) is 0.169. The molecule has 2 heterocycles. The van der Waals surface area contributed by atoms with E-state index in [1.807, 2.05) is 34.6 Å². The lowest BCUT2D eigenvalue weighted by Crippen LogP contribution is -2.57. The normalized spacial score (nSPS) is 20.1. The number of nitrogens with zero attached hydrogens (tertiary/aromatic N) is 2. The minimum absolute atomic E-state index is 0.186. The molecule has 1 aromatic rings. The Morgan fingerprint density at radius 3 is 2.64 bits per heavy atom. The topological polar surface area (TPSA) is 96.6 Å². The number of ether oxygens (including phenoxy) is 2. The van der Waals surface area contributed by atoms with Gasteiger partial charge in [0.05, 0.1) is 24.4 Å². The fourth-order valence-corrected chi connectivity index (χ4v) is 3.24. The van der Waals surface area contributed by atoms with Crippen LogP contribution in [0.4, 0.5) is 4.79 Å². The highest BCUT2D eigenvalue weighted by atomic mass is 35.5. The van der Waals surface area contributed by atoms with E-state index in [4.69, 9.17) is 21.1 Å². The van der Waals surface area contributed by atoms with Crippen molar-refractivity contribution in [3.8, 4) is 0 Å². The van der Waals surface area contributed by atoms with Crippen molar-refractivity contribution in [2.45, 2.75) is 71.6 Å². The van der Waals surface area contributed by atoms with Gasteiger partial charge >= 0.3 is 6.09 Å². The summed E-state index contributed by atoms with van der Waals surface area (Å²) in [4.78, 5) is 33.7. The SMILES string of the molecule is CCCO[C@H]1CN(C(=O)OC(C)(C)C)CC[C@H]1NC(=O)c1nc(Cl)c(CC)[nH]1. The van der Waals surface area contributed by atoms with E-state index in [0.717, 1.165) is 12.1 Å². The number of H-pyrrole nitrogens is 1. The predicted octanol–water partition coefficient (Wildman–Crippen LogP) is 3.16. The molecule has 0 radical (unpaired) electrons. The number of likely N-dealkylation sites (tertiary alicyclic amines) is 1. The highest BCUT2D eigenvalue weighted by Crippen LogP contribution is 2.19. The maximum atomic E-state index is 12.6. The third-order valence-electron chi connectivity index (χ3n) is 4.36. The number of amides is 2. The van der Waals surface area contributed by atoms with Crippen LogP contribution >= 0.6 is 11.6 Å². The van der Waals surface area contributed by atoms with Gasteiger partial charge in [0.2, 0.25) is 0 Å². The van der Waals surface area contributed by atoms with Crippen LogP contribution in [-0.2, 0) is 15.9 Å². The Labute approximate surface area is 171 Å². The molecule has 158 valence electrons. The lowest BCUT2D eigenvalue weighted by atomic mass is 10.0. The summed E-state index contributed by atoms with van der Waals surface area (Å²) in [6.07, 6.45) is 1.38. The fraction of sp³-hybridized carbons (Fsp3) is 0.737. The number of imidazole rings is 1. The van der Waals surface area contributed by atoms with E-state index in [2.05, 4.69) is 15.3 Å². The molecule has 0 aliphatic carbocycles. The molecule has 2 N–H and O–H groups in total. The number of aromatic nitrogens is 2. The molecule has 0 saturated carbocycles. The van der Waals surface area contributed by atoms with Gasteiger partial charge in [-0.3, -0.25) is 4.79 Å². The molecule has 0 spiro atoms. The molecule has 2 atom stereocenters. The summed E-state index contributed by atoms with van der Waals surface area (Å²) in [6, 6.07) is -0.230. The van der Waals surface area contributed by atoms with Crippen molar-refractivity contribution in [2.75, 3.05) is 19.7 Å². The first-order chi connectivity index (χ1) is 13.1. The zero-order chi connectivity index (χ0) is 20.9. The molecule has 1 fully saturated rings. The van der Waals surface area contributed by atoms with E-state index >= 15 is 0 Å². The third kappa shape index (κ3) is 6.10. The molecule has 0 unspecified atom stereocenters. The second-order valence-corrected chi connectivity index (χ2v) is 8.27. The van der Waals surface area contributed by atoms with E-state index in [1.54, 1.807) is 4.90 Å². The number of piperidine rings is 1. The number of hydrogen-bond donors (Lipinski definition) is 2. The minimum Gasteiger partial charge on any atom is -0.444 e. The number of aromatic amines is 1. The Kier molecular flexibility index (Phi) is 7.71. The number of nitrogens with one attached hydrogen (secondary N) is 2. The molecule has 2 amide bonds. The van der Waals surface area contributed by atoms with Crippen LogP contribution in [0.15, 0.2) is 0 Å². The average molecular weight is 415 g/mol. The van der Waals surface area contributed by atoms with E-state index in [9.17, 15) is 9.59 Å². The number of hydrogen-bond acceptors (Lipinski definition) is 5. The molecule has 1 saturated heterocycles. The van der Waals surface area contributed by atoms with Crippen molar-refractivity contribution in [2.24, 2.45) is 0 Å². The van der Waals surface area contributed by atoms with E-state index < -0.39 is 5.60 Å². The van der Waals surface area contributed by atoms with E-state index in [1.165, 1.54) is 0 Å². The minimum atomic E-state index is -0.558. The molecule has 0 bridgehead atoms. The van der Waals surface area contributed by atoms with Crippen LogP contribution in [0.25, 0.3) is 0 Å². The average Bonchev–Trinajstić information content (AvgIpc) is 3.00. The standard InChI is InChI=1S/C19H31ClN4O4/c1-6-10-27-14-11-24(18(26)28-19(3,4)5)9-8-13(14)22-17(25)16-21-12(7-2)15(20)23-16/h13-14H,6-11H2,1-5H3,(H,21,23)(H,22,25)/t13-,14+/m1/s1. The Hall–Kier alpha value is -1.80. The van der Waals surface area contributed by atoms with Crippen LogP contribution in [0.5, 0.6) is 0 Å². The van der Waals surface area contributed by atoms with Gasteiger partial charge in [-0.1, -0.05) is 25.4 Å². The van der Waals surface area contributed by atoms with Gasteiger partial charge in [-0.25, -0.2) is 9.78 Å². The molecule has 1 aromatic heterocycles. The van der Waals surface area contributed by atoms with Crippen molar-refractivity contribution in [1.29, 1.82) is 0 Å². The summed E-state index contributed by atoms with van der Waals surface area (Å²) in [7, 11) is 0. The monoisotopic (exact) mass is 414 g/mol. The first-order valence-electron chi connectivity index (χ1n) is 9.79. The summed E-state index contributed by atoms with van der Waals surface area (Å²) < 4.78 is 11.4. The van der Waals surface area contributed by atoms with E-state index in [-0.39, 0.29) is 30.0 Å². The van der Waals surface area contributed by atoms with Crippen LogP contribution in [0.3, 0.4) is 0 Å². The number of aryl methyl sites for hydroxylation is 1. The van der Waals surface area contributed by atoms with Crippen LogP contribution in [0.1, 0.15) is 63.8 Å². The Morgan fingerprint density at radius 1 is 1.36 bits per heavy atom. The smallest absolute Gasteiger partial charge is 0.410 e. The number of halogens is 1. The number of carbonyl (C=O) groups is 2. The molecule has 1 aliphatic heterocycles. The zero-order valence-electron chi connectivity index (χ0n) is 17.3. The zero-order valence-corrected chi connectivity index (χ0v) is 18.1. The maximum Gasteiger partial charge on any atom is 0.410 e. The lowest BCUT2D eigenvalue weighted by molar-refractivity contribution is -0.0331. The molecule has 28 heavy (non-hydrogen) atoms. The molecular weight excluding hydrogens is 384 g/mol. The molecule has 9 heteroatoms. The van der Waals surface area contributed by atoms with Crippen LogP contribution in [0.2, 0.25) is 5.15 Å². The third-order valence-corrected chi connectivity index (χ3v) is 4.67. The Bertz CT molecular complexity index is 686. The lowest BCUT2D eigenvalue weighted by Gasteiger charge is -2.39. The van der Waals surface area contributed by atoms with E-state index in [0.29, 0.717) is 37.7 Å². The van der Waals surface area contributed by atoms with Crippen molar-refractivity contribution < 1.29 is 19.1 Å². The summed E-state index contributed by atoms with van der Waals surface area (Å²) in [6.45, 7) is 10.8. The number of carbonyl (C=O) groups excluding carboxylic acids is 2. The highest BCUT2D eigenvalue weighted by Gasteiger charge is 2.35. The predicted molar refractivity (Wildman–Crippen MR) is 107 cm³/mol. The van der Waals surface area contributed by atoms with Gasteiger partial charge in [-0.2, -0.15) is 0 Å². The quantitative estimate of drug-likeness (QED) is 0.745. The van der Waals surface area contributed by atoms with Gasteiger partial charge in [0, 0.05) is 13.2 Å². The molecule has 2 rings (SSSR count). The molecule has 8 nitrogen and oxygen atoms in total. The van der Waals surface area contributed by atoms with Crippen molar-refractivity contribution in [1.82, 2.24) is 20.2 Å². The fourth-order valence-electron chi connectivity index (χ4n) is 2.98. The highest BCUT2D eigenvalue weighted by molar-refractivity contribution is 6.30. The largest absolute Gasteiger partial charge is 0.444 e. The molecular formula is C19H31ClN4O4. The summed E-state index contributed by atoms with van der Waals surface area (Å²) >= 11 is 6.03. The second kappa shape index (κ2) is 9.60. The van der Waals surface area contributed by atoms with Crippen LogP contribution in [0, 0.1) is 0 Å². The van der Waals surface area contributed by atoms with Gasteiger partial charge in [0.25, 0.3) is 5.91 Å².